The number of carbonyl (C=O) groups is 1. The Labute approximate surface area is 313 Å². The van der Waals surface area contributed by atoms with E-state index in [1.807, 2.05) is 20.8 Å². The standard InChI is InChI=1S/C45H87NO4/c1-6-8-10-12-14-16-18-20-22-24-26-28-30-32-34-36-40-48-42-38-46(44(47)50-45(3,4)5)39-43-49-41-37-35-33-31-29-27-25-23-21-19-17-15-13-11-9-7-2/h20-23H,6-19,24-43H2,1-5H3/b22-20-,23-21-. The molecule has 0 heterocycles. The summed E-state index contributed by atoms with van der Waals surface area (Å²) >= 11 is 0. The molecular weight excluding hydrogens is 618 g/mol. The zero-order valence-electron chi connectivity index (χ0n) is 34.4. The molecule has 50 heavy (non-hydrogen) atoms. The van der Waals surface area contributed by atoms with Gasteiger partial charge < -0.3 is 19.1 Å². The molecule has 0 fully saturated rings. The lowest BCUT2D eigenvalue weighted by Gasteiger charge is -2.27. The van der Waals surface area contributed by atoms with Crippen molar-refractivity contribution in [2.75, 3.05) is 39.5 Å². The van der Waals surface area contributed by atoms with Crippen LogP contribution < -0.4 is 0 Å². The molecule has 0 aliphatic rings. The Morgan fingerprint density at radius 1 is 0.440 bits per heavy atom. The molecule has 0 spiro atoms. The predicted molar refractivity (Wildman–Crippen MR) is 218 cm³/mol. The van der Waals surface area contributed by atoms with Crippen molar-refractivity contribution < 1.29 is 19.0 Å². The number of allylic oxidation sites excluding steroid dienone is 4. The minimum Gasteiger partial charge on any atom is -0.444 e. The fourth-order valence-electron chi connectivity index (χ4n) is 6.08. The molecule has 0 N–H and O–H groups in total. The molecule has 0 aromatic carbocycles. The number of hydrogen-bond acceptors (Lipinski definition) is 4. The highest BCUT2D eigenvalue weighted by Crippen LogP contribution is 2.13. The molecule has 0 radical (unpaired) electrons. The Morgan fingerprint density at radius 2 is 0.740 bits per heavy atom. The molecule has 0 aromatic heterocycles. The minimum atomic E-state index is -0.509. The molecular formula is C45H87NO4. The van der Waals surface area contributed by atoms with Crippen molar-refractivity contribution >= 4 is 6.09 Å². The maximum atomic E-state index is 12.8. The number of hydrogen-bond donors (Lipinski definition) is 0. The van der Waals surface area contributed by atoms with Crippen LogP contribution in [0, 0.1) is 0 Å². The second-order valence-corrected chi connectivity index (χ2v) is 15.6. The van der Waals surface area contributed by atoms with E-state index in [1.165, 1.54) is 167 Å². The van der Waals surface area contributed by atoms with E-state index < -0.39 is 5.60 Å². The molecule has 0 unspecified atom stereocenters. The van der Waals surface area contributed by atoms with E-state index in [9.17, 15) is 4.79 Å². The number of unbranched alkanes of at least 4 members (excludes halogenated alkanes) is 24. The third-order valence-corrected chi connectivity index (χ3v) is 9.26. The first kappa shape index (κ1) is 48.7. The minimum absolute atomic E-state index is 0.279. The van der Waals surface area contributed by atoms with Crippen molar-refractivity contribution in [3.8, 4) is 0 Å². The largest absolute Gasteiger partial charge is 0.444 e. The van der Waals surface area contributed by atoms with Crippen molar-refractivity contribution in [3.05, 3.63) is 24.3 Å². The van der Waals surface area contributed by atoms with Crippen LogP contribution in [0.3, 0.4) is 0 Å². The van der Waals surface area contributed by atoms with E-state index in [-0.39, 0.29) is 6.09 Å². The molecule has 1 amide bonds. The van der Waals surface area contributed by atoms with Gasteiger partial charge in [-0.25, -0.2) is 4.79 Å². The molecule has 0 aliphatic carbocycles. The first-order valence-corrected chi connectivity index (χ1v) is 21.8. The molecule has 0 atom stereocenters. The van der Waals surface area contributed by atoms with Gasteiger partial charge in [0.2, 0.25) is 0 Å². The smallest absolute Gasteiger partial charge is 0.410 e. The van der Waals surface area contributed by atoms with Crippen LogP contribution in [0.5, 0.6) is 0 Å². The topological polar surface area (TPSA) is 48.0 Å². The van der Waals surface area contributed by atoms with E-state index in [0.29, 0.717) is 26.3 Å². The monoisotopic (exact) mass is 706 g/mol. The predicted octanol–water partition coefficient (Wildman–Crippen LogP) is 14.3. The number of ether oxygens (including phenoxy) is 3. The Morgan fingerprint density at radius 3 is 1.06 bits per heavy atom. The van der Waals surface area contributed by atoms with Crippen LogP contribution in [-0.4, -0.2) is 56.1 Å². The summed E-state index contributed by atoms with van der Waals surface area (Å²) in [7, 11) is 0. The number of nitrogens with zero attached hydrogens (tertiary/aromatic N) is 1. The van der Waals surface area contributed by atoms with Crippen molar-refractivity contribution in [2.24, 2.45) is 0 Å². The van der Waals surface area contributed by atoms with Gasteiger partial charge in [0.25, 0.3) is 0 Å². The van der Waals surface area contributed by atoms with Crippen molar-refractivity contribution in [2.45, 2.75) is 220 Å². The average molecular weight is 706 g/mol. The summed E-state index contributed by atoms with van der Waals surface area (Å²) < 4.78 is 17.5. The van der Waals surface area contributed by atoms with Gasteiger partial charge in [-0.1, -0.05) is 154 Å². The van der Waals surface area contributed by atoms with Crippen LogP contribution in [0.4, 0.5) is 4.79 Å². The summed E-state index contributed by atoms with van der Waals surface area (Å²) in [4.78, 5) is 14.5. The van der Waals surface area contributed by atoms with Crippen molar-refractivity contribution in [1.82, 2.24) is 4.90 Å². The maximum absolute atomic E-state index is 12.8. The molecule has 0 rings (SSSR count). The van der Waals surface area contributed by atoms with Crippen LogP contribution in [0.25, 0.3) is 0 Å². The zero-order chi connectivity index (χ0) is 36.6. The highest BCUT2D eigenvalue weighted by Gasteiger charge is 2.21. The number of rotatable bonds is 38. The third-order valence-electron chi connectivity index (χ3n) is 9.26. The zero-order valence-corrected chi connectivity index (χ0v) is 34.4. The lowest BCUT2D eigenvalue weighted by Crippen LogP contribution is -2.40. The molecule has 0 bridgehead atoms. The lowest BCUT2D eigenvalue weighted by molar-refractivity contribution is 0.00942. The van der Waals surface area contributed by atoms with E-state index in [1.54, 1.807) is 4.90 Å². The van der Waals surface area contributed by atoms with E-state index >= 15 is 0 Å². The normalized spacial score (nSPS) is 12.1. The van der Waals surface area contributed by atoms with Crippen molar-refractivity contribution in [1.29, 1.82) is 0 Å². The summed E-state index contributed by atoms with van der Waals surface area (Å²) in [6, 6.07) is 0. The first-order valence-electron chi connectivity index (χ1n) is 21.8. The number of carbonyl (C=O) groups excluding carboxylic acids is 1. The quantitative estimate of drug-likeness (QED) is 0.0474. The Bertz CT molecular complexity index is 696. The van der Waals surface area contributed by atoms with Crippen LogP contribution in [0.1, 0.15) is 214 Å². The highest BCUT2D eigenvalue weighted by molar-refractivity contribution is 5.68. The van der Waals surface area contributed by atoms with Crippen LogP contribution in [0.15, 0.2) is 24.3 Å². The van der Waals surface area contributed by atoms with Crippen LogP contribution in [0.2, 0.25) is 0 Å². The van der Waals surface area contributed by atoms with Gasteiger partial charge in [-0.05, 0) is 85.0 Å². The van der Waals surface area contributed by atoms with Gasteiger partial charge in [-0.15, -0.1) is 0 Å². The molecule has 0 aliphatic heterocycles. The van der Waals surface area contributed by atoms with E-state index in [0.717, 1.165) is 26.1 Å². The Balaban J connectivity index is 3.78. The molecule has 5 nitrogen and oxygen atoms in total. The molecule has 0 saturated heterocycles. The number of amides is 1. The highest BCUT2D eigenvalue weighted by atomic mass is 16.6. The second kappa shape index (κ2) is 38.9. The fourth-order valence-corrected chi connectivity index (χ4v) is 6.08. The van der Waals surface area contributed by atoms with Gasteiger partial charge in [-0.3, -0.25) is 0 Å². The molecule has 5 heteroatoms. The third kappa shape index (κ3) is 39.5. The second-order valence-electron chi connectivity index (χ2n) is 15.6. The Kier molecular flexibility index (Phi) is 37.9. The molecule has 0 saturated carbocycles. The van der Waals surface area contributed by atoms with Crippen LogP contribution >= 0.6 is 0 Å². The fraction of sp³-hybridized carbons (Fsp3) is 0.889. The van der Waals surface area contributed by atoms with Crippen LogP contribution in [-0.2, 0) is 14.2 Å². The Hall–Kier alpha value is -1.33. The van der Waals surface area contributed by atoms with E-state index in [4.69, 9.17) is 14.2 Å². The summed E-state index contributed by atoms with van der Waals surface area (Å²) in [6.45, 7) is 14.0. The van der Waals surface area contributed by atoms with E-state index in [2.05, 4.69) is 38.2 Å². The lowest BCUT2D eigenvalue weighted by atomic mass is 10.1. The van der Waals surface area contributed by atoms with Gasteiger partial charge in [0.05, 0.1) is 13.2 Å². The average Bonchev–Trinajstić information content (AvgIpc) is 3.08. The van der Waals surface area contributed by atoms with Gasteiger partial charge in [0.15, 0.2) is 0 Å². The van der Waals surface area contributed by atoms with Gasteiger partial charge in [0, 0.05) is 26.3 Å². The molecule has 0 aromatic rings. The van der Waals surface area contributed by atoms with Gasteiger partial charge >= 0.3 is 6.09 Å². The SMILES string of the molecule is CCCCCCCC/C=C\CCCCCCCCOCCN(CCOCCCCCCCC/C=C\CCCCCCCC)C(=O)OC(C)(C)C. The summed E-state index contributed by atoms with van der Waals surface area (Å²) in [6.07, 6.45) is 45.9. The first-order chi connectivity index (χ1) is 24.4. The summed E-state index contributed by atoms with van der Waals surface area (Å²) in [5, 5.41) is 0. The maximum Gasteiger partial charge on any atom is 0.410 e. The van der Waals surface area contributed by atoms with Gasteiger partial charge in [0.1, 0.15) is 5.60 Å². The van der Waals surface area contributed by atoms with Gasteiger partial charge in [-0.2, -0.15) is 0 Å². The summed E-state index contributed by atoms with van der Waals surface area (Å²) in [5.41, 5.74) is -0.509. The molecule has 296 valence electrons. The van der Waals surface area contributed by atoms with Crippen molar-refractivity contribution in [3.63, 3.8) is 0 Å². The summed E-state index contributed by atoms with van der Waals surface area (Å²) in [5.74, 6) is 0.